The average Bonchev–Trinajstić information content (AvgIpc) is 3.12. The Morgan fingerprint density at radius 2 is 2.21 bits per heavy atom. The summed E-state index contributed by atoms with van der Waals surface area (Å²) >= 11 is 0. The highest BCUT2D eigenvalue weighted by Crippen LogP contribution is 2.41. The van der Waals surface area contributed by atoms with Crippen LogP contribution in [0, 0.1) is 11.8 Å². The molecule has 1 aromatic rings. The molecule has 1 aliphatic carbocycles. The Kier molecular flexibility index (Phi) is 4.73. The fourth-order valence-electron chi connectivity index (χ4n) is 3.88. The van der Waals surface area contributed by atoms with Crippen LogP contribution < -0.4 is 9.62 Å². The molecule has 132 valence electrons. The van der Waals surface area contributed by atoms with Crippen molar-refractivity contribution in [2.45, 2.75) is 18.9 Å². The predicted molar refractivity (Wildman–Crippen MR) is 89.9 cm³/mol. The summed E-state index contributed by atoms with van der Waals surface area (Å²) in [6.45, 7) is 1.22. The van der Waals surface area contributed by atoms with Gasteiger partial charge in [0.1, 0.15) is 0 Å². The molecule has 1 aromatic heterocycles. The van der Waals surface area contributed by atoms with Crippen molar-refractivity contribution in [2.75, 3.05) is 37.8 Å². The lowest BCUT2D eigenvalue weighted by Crippen LogP contribution is -2.41. The van der Waals surface area contributed by atoms with Crippen LogP contribution in [0.3, 0.4) is 0 Å². The van der Waals surface area contributed by atoms with Crippen LogP contribution in [0.25, 0.3) is 0 Å². The van der Waals surface area contributed by atoms with E-state index in [-0.39, 0.29) is 12.5 Å². The fourth-order valence-corrected chi connectivity index (χ4v) is 4.26. The quantitative estimate of drug-likeness (QED) is 0.781. The number of carbonyl (C=O) groups is 1. The summed E-state index contributed by atoms with van der Waals surface area (Å²) < 4.78 is 24.6. The Bertz CT molecular complexity index is 696. The van der Waals surface area contributed by atoms with Crippen molar-refractivity contribution in [3.8, 4) is 0 Å². The van der Waals surface area contributed by atoms with Crippen molar-refractivity contribution in [2.24, 2.45) is 11.8 Å². The third-order valence-corrected chi connectivity index (χ3v) is 5.74. The van der Waals surface area contributed by atoms with Gasteiger partial charge in [-0.05, 0) is 30.9 Å². The van der Waals surface area contributed by atoms with E-state index in [1.807, 2.05) is 19.2 Å². The number of rotatable bonds is 5. The maximum Gasteiger partial charge on any atom is 0.237 e. The first kappa shape index (κ1) is 17.1. The van der Waals surface area contributed by atoms with E-state index >= 15 is 0 Å². The second-order valence-corrected chi connectivity index (χ2v) is 8.49. The first-order valence-corrected chi connectivity index (χ1v) is 9.97. The van der Waals surface area contributed by atoms with Gasteiger partial charge in [-0.15, -0.1) is 5.10 Å². The van der Waals surface area contributed by atoms with E-state index in [1.54, 1.807) is 11.1 Å². The average molecular weight is 353 g/mol. The number of nitrogens with one attached hydrogen (secondary N) is 1. The molecule has 8 nitrogen and oxygen atoms in total. The maximum absolute atomic E-state index is 12.2. The zero-order valence-corrected chi connectivity index (χ0v) is 14.7. The second kappa shape index (κ2) is 6.64. The number of aromatic nitrogens is 2. The number of nitrogens with zero attached hydrogens (tertiary/aromatic N) is 4. The zero-order valence-electron chi connectivity index (χ0n) is 13.9. The summed E-state index contributed by atoms with van der Waals surface area (Å²) in [4.78, 5) is 16.2. The van der Waals surface area contributed by atoms with E-state index in [4.69, 9.17) is 0 Å². The first-order valence-electron chi connectivity index (χ1n) is 8.08. The van der Waals surface area contributed by atoms with E-state index in [9.17, 15) is 13.2 Å². The second-order valence-electron chi connectivity index (χ2n) is 6.65. The number of hydrogen-bond acceptors (Lipinski definition) is 6. The van der Waals surface area contributed by atoms with E-state index in [0.29, 0.717) is 31.0 Å². The number of amides is 1. The summed E-state index contributed by atoms with van der Waals surface area (Å²) in [7, 11) is -1.33. The molecule has 0 radical (unpaired) electrons. The molecule has 9 heteroatoms. The minimum Gasteiger partial charge on any atom is -0.355 e. The lowest BCUT2D eigenvalue weighted by Gasteiger charge is -2.30. The van der Waals surface area contributed by atoms with Crippen molar-refractivity contribution >= 4 is 21.7 Å². The molecule has 2 aliphatic rings. The first-order chi connectivity index (χ1) is 11.3. The molecule has 2 fully saturated rings. The number of hydrogen-bond donors (Lipinski definition) is 1. The lowest BCUT2D eigenvalue weighted by molar-refractivity contribution is -0.129. The van der Waals surface area contributed by atoms with Gasteiger partial charge < -0.3 is 9.80 Å². The zero-order chi connectivity index (χ0) is 17.3. The van der Waals surface area contributed by atoms with Crippen molar-refractivity contribution in [3.63, 3.8) is 0 Å². The van der Waals surface area contributed by atoms with Crippen LogP contribution >= 0.6 is 0 Å². The predicted octanol–water partition coefficient (Wildman–Crippen LogP) is -0.301. The van der Waals surface area contributed by atoms with Crippen LogP contribution in [-0.2, 0) is 14.8 Å². The Morgan fingerprint density at radius 3 is 2.88 bits per heavy atom. The van der Waals surface area contributed by atoms with E-state index in [1.165, 1.54) is 0 Å². The van der Waals surface area contributed by atoms with Gasteiger partial charge in [0.15, 0.2) is 5.82 Å². The smallest absolute Gasteiger partial charge is 0.237 e. The monoisotopic (exact) mass is 353 g/mol. The SMILES string of the molecule is CN(c1cccnn1)[C@H]1CC[C@@H]2CN(C(=O)CNS(C)(=O)=O)C[C@@H]21. The number of fused-ring (bicyclic) bond motifs is 1. The fraction of sp³-hybridized carbons (Fsp3) is 0.667. The Hall–Kier alpha value is -1.74. The van der Waals surface area contributed by atoms with Crippen LogP contribution in [-0.4, -0.2) is 68.4 Å². The van der Waals surface area contributed by atoms with Gasteiger partial charge in [0.25, 0.3) is 0 Å². The minimum absolute atomic E-state index is 0.157. The van der Waals surface area contributed by atoms with Crippen LogP contribution in [0.2, 0.25) is 0 Å². The molecule has 3 rings (SSSR count). The third-order valence-electron chi connectivity index (χ3n) is 5.07. The van der Waals surface area contributed by atoms with Gasteiger partial charge in [-0.3, -0.25) is 4.79 Å². The molecule has 0 aromatic carbocycles. The van der Waals surface area contributed by atoms with E-state index < -0.39 is 10.0 Å². The number of likely N-dealkylation sites (tertiary alicyclic amines) is 1. The molecule has 2 heterocycles. The molecule has 0 spiro atoms. The molecule has 1 aliphatic heterocycles. The third kappa shape index (κ3) is 3.67. The highest BCUT2D eigenvalue weighted by Gasteiger charge is 2.45. The summed E-state index contributed by atoms with van der Waals surface area (Å²) in [5, 5.41) is 8.10. The van der Waals surface area contributed by atoms with Gasteiger partial charge in [-0.25, -0.2) is 13.1 Å². The molecular weight excluding hydrogens is 330 g/mol. The molecule has 1 saturated carbocycles. The number of sulfonamides is 1. The van der Waals surface area contributed by atoms with Crippen molar-refractivity contribution < 1.29 is 13.2 Å². The summed E-state index contributed by atoms with van der Waals surface area (Å²) in [6.07, 6.45) is 4.86. The highest BCUT2D eigenvalue weighted by atomic mass is 32.2. The van der Waals surface area contributed by atoms with Gasteiger partial charge in [0.05, 0.1) is 12.8 Å². The minimum atomic E-state index is -3.35. The van der Waals surface area contributed by atoms with Crippen LogP contribution in [0.15, 0.2) is 18.3 Å². The van der Waals surface area contributed by atoms with Crippen LogP contribution in [0.5, 0.6) is 0 Å². The Balaban J connectivity index is 1.62. The van der Waals surface area contributed by atoms with Crippen molar-refractivity contribution in [1.82, 2.24) is 19.8 Å². The Labute approximate surface area is 142 Å². The van der Waals surface area contributed by atoms with Gasteiger partial charge in [0, 0.05) is 38.3 Å². The number of carbonyl (C=O) groups excluding carboxylic acids is 1. The largest absolute Gasteiger partial charge is 0.355 e. The van der Waals surface area contributed by atoms with Crippen LogP contribution in [0.1, 0.15) is 12.8 Å². The molecular formula is C15H23N5O3S. The molecule has 1 amide bonds. The normalized spacial score (nSPS) is 26.4. The number of anilines is 1. The van der Waals surface area contributed by atoms with Gasteiger partial charge in [0.2, 0.25) is 15.9 Å². The van der Waals surface area contributed by atoms with E-state index in [0.717, 1.165) is 24.9 Å². The maximum atomic E-state index is 12.2. The molecule has 0 bridgehead atoms. The molecule has 3 atom stereocenters. The highest BCUT2D eigenvalue weighted by molar-refractivity contribution is 7.88. The topological polar surface area (TPSA) is 95.5 Å². The standard InChI is InChI=1S/C15H23N5O3S/c1-19(14-4-3-7-16-18-14)13-6-5-11-9-20(10-12(11)13)15(21)8-17-24(2,22)23/h3-4,7,11-13,17H,5-6,8-10H2,1-2H3/t11-,12+,13+/m1/s1. The van der Waals surface area contributed by atoms with E-state index in [2.05, 4.69) is 19.8 Å². The van der Waals surface area contributed by atoms with Crippen molar-refractivity contribution in [1.29, 1.82) is 0 Å². The molecule has 1 saturated heterocycles. The van der Waals surface area contributed by atoms with Crippen LogP contribution in [0.4, 0.5) is 5.82 Å². The Morgan fingerprint density at radius 1 is 1.42 bits per heavy atom. The van der Waals surface area contributed by atoms with Gasteiger partial charge in [-0.2, -0.15) is 5.10 Å². The molecule has 0 unspecified atom stereocenters. The lowest BCUT2D eigenvalue weighted by atomic mass is 9.97. The van der Waals surface area contributed by atoms with Gasteiger partial charge >= 0.3 is 0 Å². The summed E-state index contributed by atoms with van der Waals surface area (Å²) in [6, 6.07) is 4.13. The van der Waals surface area contributed by atoms with Gasteiger partial charge in [-0.1, -0.05) is 0 Å². The summed E-state index contributed by atoms with van der Waals surface area (Å²) in [5.74, 6) is 1.54. The molecule has 24 heavy (non-hydrogen) atoms. The van der Waals surface area contributed by atoms with Crippen molar-refractivity contribution in [3.05, 3.63) is 18.3 Å². The molecule has 1 N–H and O–H groups in total. The summed E-state index contributed by atoms with van der Waals surface area (Å²) in [5.41, 5.74) is 0.